The van der Waals surface area contributed by atoms with Crippen LogP contribution in [0.4, 0.5) is 0 Å². The van der Waals surface area contributed by atoms with Crippen molar-refractivity contribution in [3.05, 3.63) is 11.6 Å². The van der Waals surface area contributed by atoms with Crippen LogP contribution in [0.1, 0.15) is 82.6 Å². The predicted octanol–water partition coefficient (Wildman–Crippen LogP) is 4.84. The van der Waals surface area contributed by atoms with Gasteiger partial charge in [0.2, 0.25) is 0 Å². The Hall–Kier alpha value is -1.12. The fourth-order valence-corrected chi connectivity index (χ4v) is 6.61. The molecule has 0 aromatic carbocycles. The quantitative estimate of drug-likeness (QED) is 0.671. The van der Waals surface area contributed by atoms with Gasteiger partial charge < -0.3 is 4.74 Å². The van der Waals surface area contributed by atoms with Crippen LogP contribution in [0.25, 0.3) is 0 Å². The van der Waals surface area contributed by atoms with Gasteiger partial charge in [-0.1, -0.05) is 26.3 Å². The molecule has 0 N–H and O–H groups in total. The van der Waals surface area contributed by atoms with Crippen molar-refractivity contribution in [2.75, 3.05) is 0 Å². The Labute approximate surface area is 155 Å². The van der Waals surface area contributed by atoms with Gasteiger partial charge in [-0.3, -0.25) is 9.59 Å². The molecule has 0 bridgehead atoms. The molecule has 3 nitrogen and oxygen atoms in total. The molecule has 4 rings (SSSR count). The second-order valence-electron chi connectivity index (χ2n) is 8.98. The maximum absolute atomic E-state index is 12.0. The molecular weight excluding hydrogens is 312 g/mol. The molecular formula is C22H32O3. The van der Waals surface area contributed by atoms with E-state index in [0.717, 1.165) is 44.1 Å². The predicted molar refractivity (Wildman–Crippen MR) is 96.9 cm³/mol. The van der Waals surface area contributed by atoms with Crippen LogP contribution in [0.3, 0.4) is 0 Å². The van der Waals surface area contributed by atoms with E-state index in [1.807, 2.05) is 6.92 Å². The van der Waals surface area contributed by atoms with Crippen LogP contribution >= 0.6 is 0 Å². The molecule has 3 fully saturated rings. The van der Waals surface area contributed by atoms with Crippen LogP contribution < -0.4 is 0 Å². The third-order valence-corrected chi connectivity index (χ3v) is 7.97. The molecule has 0 aromatic rings. The van der Waals surface area contributed by atoms with Crippen molar-refractivity contribution in [2.45, 2.75) is 84.6 Å². The Morgan fingerprint density at radius 3 is 2.84 bits per heavy atom. The highest BCUT2D eigenvalue weighted by Gasteiger charge is 2.59. The summed E-state index contributed by atoms with van der Waals surface area (Å²) in [4.78, 5) is 24.0. The zero-order chi connectivity index (χ0) is 20.3. The number of fused-ring (bicyclic) bond motifs is 5. The number of esters is 1. The van der Waals surface area contributed by atoms with E-state index in [4.69, 9.17) is 8.85 Å². The summed E-state index contributed by atoms with van der Waals surface area (Å²) < 4.78 is 31.1. The molecule has 0 saturated heterocycles. The maximum Gasteiger partial charge on any atom is 0.305 e. The first-order valence-electron chi connectivity index (χ1n) is 11.6. The first-order valence-corrected chi connectivity index (χ1v) is 10.1. The van der Waals surface area contributed by atoms with Crippen molar-refractivity contribution >= 4 is 11.8 Å². The number of allylic oxidation sites excluding steroid dienone is 1. The van der Waals surface area contributed by atoms with Gasteiger partial charge >= 0.3 is 5.97 Å². The van der Waals surface area contributed by atoms with E-state index in [1.165, 1.54) is 0 Å². The molecule has 0 amide bonds. The second-order valence-corrected chi connectivity index (χ2v) is 8.98. The molecule has 25 heavy (non-hydrogen) atoms. The minimum Gasteiger partial charge on any atom is -0.462 e. The summed E-state index contributed by atoms with van der Waals surface area (Å²) in [5.41, 5.74) is 0.0114. The average molecular weight is 348 g/mol. The van der Waals surface area contributed by atoms with Crippen LogP contribution in [-0.2, 0) is 14.3 Å². The van der Waals surface area contributed by atoms with Gasteiger partial charge in [0.05, 0.1) is 0 Å². The van der Waals surface area contributed by atoms with E-state index in [-0.39, 0.29) is 29.2 Å². The zero-order valence-electron chi connectivity index (χ0n) is 18.5. The summed E-state index contributed by atoms with van der Waals surface area (Å²) in [7, 11) is 0. The number of carbonyl (C=O) groups excluding carboxylic acids is 2. The van der Waals surface area contributed by atoms with Gasteiger partial charge in [-0.15, -0.1) is 0 Å². The normalized spacial score (nSPS) is 48.2. The van der Waals surface area contributed by atoms with Gasteiger partial charge in [-0.2, -0.15) is 0 Å². The van der Waals surface area contributed by atoms with E-state index < -0.39 is 12.3 Å². The summed E-state index contributed by atoms with van der Waals surface area (Å²) in [5.74, 6) is 0.801. The van der Waals surface area contributed by atoms with Crippen LogP contribution in [0.5, 0.6) is 0 Å². The van der Waals surface area contributed by atoms with Gasteiger partial charge in [-0.05, 0) is 74.2 Å². The SMILES string of the molecule is [2H]C([2H])([2H])[C@]12CCC(=O)C=C1CC[C@H]1[C@@H]3CC[C@H](OC(=O)CC)[C@@]3(C)CC[C@@H]12. The zero-order valence-corrected chi connectivity index (χ0v) is 15.5. The van der Waals surface area contributed by atoms with Crippen molar-refractivity contribution < 1.29 is 18.4 Å². The van der Waals surface area contributed by atoms with E-state index in [0.29, 0.717) is 31.1 Å². The molecule has 6 atom stereocenters. The lowest BCUT2D eigenvalue weighted by atomic mass is 9.47. The molecule has 0 spiro atoms. The lowest BCUT2D eigenvalue weighted by Gasteiger charge is -2.57. The van der Waals surface area contributed by atoms with Gasteiger partial charge in [0.1, 0.15) is 6.10 Å². The molecule has 0 unspecified atom stereocenters. The monoisotopic (exact) mass is 347 g/mol. The molecule has 0 aliphatic heterocycles. The van der Waals surface area contributed by atoms with Crippen LogP contribution in [0, 0.1) is 28.6 Å². The van der Waals surface area contributed by atoms with E-state index >= 15 is 0 Å². The average Bonchev–Trinajstić information content (AvgIpc) is 2.96. The Morgan fingerprint density at radius 1 is 1.24 bits per heavy atom. The number of carbonyl (C=O) groups is 2. The lowest BCUT2D eigenvalue weighted by molar-refractivity contribution is -0.159. The minimum atomic E-state index is -2.08. The third kappa shape index (κ3) is 2.52. The van der Waals surface area contributed by atoms with Crippen LogP contribution in [0.2, 0.25) is 0 Å². The van der Waals surface area contributed by atoms with Crippen LogP contribution in [0.15, 0.2) is 11.6 Å². The summed E-state index contributed by atoms with van der Waals surface area (Å²) in [6.45, 7) is 2.00. The lowest BCUT2D eigenvalue weighted by Crippen LogP contribution is -2.51. The van der Waals surface area contributed by atoms with E-state index in [9.17, 15) is 9.59 Å². The number of hydrogen-bond donors (Lipinski definition) is 0. The van der Waals surface area contributed by atoms with E-state index in [2.05, 4.69) is 6.92 Å². The summed E-state index contributed by atoms with van der Waals surface area (Å²) >= 11 is 0. The fraction of sp³-hybridized carbons (Fsp3) is 0.818. The van der Waals surface area contributed by atoms with E-state index in [1.54, 1.807) is 6.08 Å². The molecule has 3 saturated carbocycles. The first kappa shape index (κ1) is 14.0. The molecule has 138 valence electrons. The largest absolute Gasteiger partial charge is 0.462 e. The molecule has 0 radical (unpaired) electrons. The highest BCUT2D eigenvalue weighted by molar-refractivity contribution is 5.91. The second kappa shape index (κ2) is 5.96. The maximum atomic E-state index is 12.0. The number of hydrogen-bond acceptors (Lipinski definition) is 3. The molecule has 0 aromatic heterocycles. The minimum absolute atomic E-state index is 0.0421. The Balaban J connectivity index is 1.68. The van der Waals surface area contributed by atoms with Crippen molar-refractivity contribution in [2.24, 2.45) is 28.6 Å². The molecule has 0 heterocycles. The van der Waals surface area contributed by atoms with Gasteiger partial charge in [0.25, 0.3) is 0 Å². The van der Waals surface area contributed by atoms with Crippen molar-refractivity contribution in [3.63, 3.8) is 0 Å². The van der Waals surface area contributed by atoms with Gasteiger partial charge in [-0.25, -0.2) is 0 Å². The third-order valence-electron chi connectivity index (χ3n) is 7.97. The van der Waals surface area contributed by atoms with Crippen molar-refractivity contribution in [3.8, 4) is 0 Å². The summed E-state index contributed by atoms with van der Waals surface area (Å²) in [6.07, 6.45) is 8.16. The summed E-state index contributed by atoms with van der Waals surface area (Å²) in [5, 5.41) is 0. The topological polar surface area (TPSA) is 43.4 Å². The van der Waals surface area contributed by atoms with Crippen molar-refractivity contribution in [1.29, 1.82) is 0 Å². The molecule has 4 aliphatic rings. The van der Waals surface area contributed by atoms with Gasteiger partial charge in [0.15, 0.2) is 5.78 Å². The smallest absolute Gasteiger partial charge is 0.305 e. The summed E-state index contributed by atoms with van der Waals surface area (Å²) in [6, 6.07) is 0. The number of rotatable bonds is 2. The Kier molecular flexibility index (Phi) is 3.34. The highest BCUT2D eigenvalue weighted by atomic mass is 16.5. The van der Waals surface area contributed by atoms with Gasteiger partial charge in [0, 0.05) is 22.4 Å². The Bertz CT molecular complexity index is 712. The molecule has 4 aliphatic carbocycles. The van der Waals surface area contributed by atoms with Crippen molar-refractivity contribution in [1.82, 2.24) is 0 Å². The highest BCUT2D eigenvalue weighted by Crippen LogP contribution is 2.65. The first-order chi connectivity index (χ1) is 13.1. The van der Waals surface area contributed by atoms with Crippen LogP contribution in [-0.4, -0.2) is 17.9 Å². The molecule has 3 heteroatoms. The fourth-order valence-electron chi connectivity index (χ4n) is 6.61. The number of ether oxygens (including phenoxy) is 1. The standard InChI is InChI=1S/C22H32O3/c1-4-20(24)25-19-8-7-17-16-6-5-14-13-15(23)9-11-21(14,2)18(16)10-12-22(17,19)3/h13,16-19H,4-12H2,1-3H3/t16-,17-,18-,19-,21-,22-/m0/s1/i2D3. The Morgan fingerprint density at radius 2 is 2.08 bits per heavy atom. The number of ketones is 1.